The fourth-order valence-corrected chi connectivity index (χ4v) is 3.86. The van der Waals surface area contributed by atoms with Crippen LogP contribution in [0.4, 0.5) is 4.79 Å². The highest BCUT2D eigenvalue weighted by molar-refractivity contribution is 5.90. The summed E-state index contributed by atoms with van der Waals surface area (Å²) in [6.45, 7) is 6.19. The lowest BCUT2D eigenvalue weighted by Crippen LogP contribution is -2.55. The molecule has 0 spiro atoms. The molecule has 1 fully saturated rings. The van der Waals surface area contributed by atoms with Crippen molar-refractivity contribution in [3.05, 3.63) is 35.4 Å². The first-order chi connectivity index (χ1) is 13.2. The van der Waals surface area contributed by atoms with Crippen LogP contribution in [0.3, 0.4) is 0 Å². The predicted molar refractivity (Wildman–Crippen MR) is 102 cm³/mol. The first kappa shape index (κ1) is 20.2. The molecule has 0 aliphatic carbocycles. The number of fused-ring (bicyclic) bond motifs is 1. The number of benzene rings is 1. The Hall–Kier alpha value is -2.57. The fourth-order valence-electron chi connectivity index (χ4n) is 3.86. The molecule has 2 atom stereocenters. The monoisotopic (exact) mass is 388 g/mol. The molecule has 7 nitrogen and oxygen atoms in total. The Morgan fingerprint density at radius 1 is 1.04 bits per heavy atom. The molecular formula is C21H28N2O5. The third-order valence-corrected chi connectivity index (χ3v) is 5.17. The number of esters is 1. The summed E-state index contributed by atoms with van der Waals surface area (Å²) >= 11 is 0. The van der Waals surface area contributed by atoms with Crippen molar-refractivity contribution in [2.75, 3.05) is 13.7 Å². The van der Waals surface area contributed by atoms with Crippen molar-refractivity contribution < 1.29 is 23.9 Å². The second kappa shape index (κ2) is 7.81. The molecule has 2 heterocycles. The molecule has 2 aliphatic rings. The average molecular weight is 388 g/mol. The van der Waals surface area contributed by atoms with Gasteiger partial charge < -0.3 is 14.4 Å². The summed E-state index contributed by atoms with van der Waals surface area (Å²) in [4.78, 5) is 41.4. The Kier molecular flexibility index (Phi) is 5.63. The minimum Gasteiger partial charge on any atom is -0.467 e. The number of amides is 2. The van der Waals surface area contributed by atoms with Crippen LogP contribution in [0.2, 0.25) is 0 Å². The number of hydrogen-bond acceptors (Lipinski definition) is 5. The van der Waals surface area contributed by atoms with Gasteiger partial charge in [0.15, 0.2) is 0 Å². The third-order valence-electron chi connectivity index (χ3n) is 5.17. The molecule has 0 N–H and O–H groups in total. The molecular weight excluding hydrogens is 360 g/mol. The second-order valence-electron chi connectivity index (χ2n) is 8.31. The Labute approximate surface area is 165 Å². The maximum absolute atomic E-state index is 13.4. The molecule has 1 saturated heterocycles. The molecule has 0 aromatic heterocycles. The first-order valence-corrected chi connectivity index (χ1v) is 9.66. The first-order valence-electron chi connectivity index (χ1n) is 9.66. The van der Waals surface area contributed by atoms with Crippen LogP contribution in [-0.2, 0) is 32.0 Å². The summed E-state index contributed by atoms with van der Waals surface area (Å²) in [6, 6.07) is 6.47. The summed E-state index contributed by atoms with van der Waals surface area (Å²) in [5, 5.41) is 0. The van der Waals surface area contributed by atoms with E-state index in [0.29, 0.717) is 25.9 Å². The molecule has 7 heteroatoms. The molecule has 3 rings (SSSR count). The summed E-state index contributed by atoms with van der Waals surface area (Å²) in [5.74, 6) is -0.669. The lowest BCUT2D eigenvalue weighted by molar-refractivity contribution is -0.155. The van der Waals surface area contributed by atoms with Crippen LogP contribution in [0.1, 0.15) is 44.7 Å². The number of carbonyl (C=O) groups excluding carboxylic acids is 3. The average Bonchev–Trinajstić information content (AvgIpc) is 3.14. The van der Waals surface area contributed by atoms with Crippen molar-refractivity contribution in [1.82, 2.24) is 9.80 Å². The SMILES string of the molecule is COC(=O)[C@@H]1Cc2ccccc2CN1C(=O)[C@@H]1CCCN1C(=O)OC(C)(C)C. The summed E-state index contributed by atoms with van der Waals surface area (Å²) in [6.07, 6.45) is 1.20. The highest BCUT2D eigenvalue weighted by atomic mass is 16.6. The van der Waals surface area contributed by atoms with Crippen molar-refractivity contribution in [2.45, 2.75) is 64.3 Å². The van der Waals surface area contributed by atoms with Crippen LogP contribution in [0.15, 0.2) is 24.3 Å². The Morgan fingerprint density at radius 2 is 1.71 bits per heavy atom. The van der Waals surface area contributed by atoms with E-state index in [-0.39, 0.29) is 5.91 Å². The van der Waals surface area contributed by atoms with Gasteiger partial charge in [0.25, 0.3) is 0 Å². The Bertz CT molecular complexity index is 770. The standard InChI is InChI=1S/C21H28N2O5/c1-21(2,3)28-20(26)22-11-7-10-16(22)18(24)23-13-15-9-6-5-8-14(15)12-17(23)19(25)27-4/h5-6,8-9,16-17H,7,10-13H2,1-4H3/t16-,17-/m0/s1. The van der Waals surface area contributed by atoms with E-state index < -0.39 is 29.7 Å². The van der Waals surface area contributed by atoms with Gasteiger partial charge in [0.05, 0.1) is 7.11 Å². The van der Waals surface area contributed by atoms with E-state index in [9.17, 15) is 14.4 Å². The van der Waals surface area contributed by atoms with E-state index in [1.807, 2.05) is 24.3 Å². The van der Waals surface area contributed by atoms with Crippen molar-refractivity contribution in [1.29, 1.82) is 0 Å². The van der Waals surface area contributed by atoms with Crippen molar-refractivity contribution in [3.8, 4) is 0 Å². The number of hydrogen-bond donors (Lipinski definition) is 0. The van der Waals surface area contributed by atoms with E-state index in [1.54, 1.807) is 25.7 Å². The van der Waals surface area contributed by atoms with Gasteiger partial charge in [-0.15, -0.1) is 0 Å². The Morgan fingerprint density at radius 3 is 2.36 bits per heavy atom. The van der Waals surface area contributed by atoms with Gasteiger partial charge in [-0.2, -0.15) is 0 Å². The van der Waals surface area contributed by atoms with E-state index in [0.717, 1.165) is 17.5 Å². The van der Waals surface area contributed by atoms with Gasteiger partial charge in [-0.25, -0.2) is 9.59 Å². The highest BCUT2D eigenvalue weighted by Crippen LogP contribution is 2.28. The molecule has 0 bridgehead atoms. The van der Waals surface area contributed by atoms with E-state index in [4.69, 9.17) is 9.47 Å². The van der Waals surface area contributed by atoms with E-state index in [2.05, 4.69) is 0 Å². The summed E-state index contributed by atoms with van der Waals surface area (Å²) in [7, 11) is 1.33. The zero-order valence-corrected chi connectivity index (χ0v) is 16.9. The molecule has 0 unspecified atom stereocenters. The number of nitrogens with zero attached hydrogens (tertiary/aromatic N) is 2. The number of methoxy groups -OCH3 is 1. The van der Waals surface area contributed by atoms with Gasteiger partial charge in [0.2, 0.25) is 5.91 Å². The van der Waals surface area contributed by atoms with Crippen LogP contribution in [0.5, 0.6) is 0 Å². The summed E-state index contributed by atoms with van der Waals surface area (Å²) < 4.78 is 10.4. The summed E-state index contributed by atoms with van der Waals surface area (Å²) in [5.41, 5.74) is 1.42. The van der Waals surface area contributed by atoms with Gasteiger partial charge in [0.1, 0.15) is 17.7 Å². The van der Waals surface area contributed by atoms with Crippen LogP contribution in [-0.4, -0.2) is 59.1 Å². The van der Waals surface area contributed by atoms with Crippen molar-refractivity contribution >= 4 is 18.0 Å². The minimum atomic E-state index is -0.687. The highest BCUT2D eigenvalue weighted by Gasteiger charge is 2.43. The van der Waals surface area contributed by atoms with E-state index in [1.165, 1.54) is 12.0 Å². The molecule has 28 heavy (non-hydrogen) atoms. The number of rotatable bonds is 2. The number of ether oxygens (including phenoxy) is 2. The van der Waals surface area contributed by atoms with Crippen LogP contribution >= 0.6 is 0 Å². The minimum absolute atomic E-state index is 0.228. The second-order valence-corrected chi connectivity index (χ2v) is 8.31. The lowest BCUT2D eigenvalue weighted by atomic mass is 9.93. The molecule has 1 aromatic carbocycles. The van der Waals surface area contributed by atoms with Gasteiger partial charge in [-0.05, 0) is 44.7 Å². The molecule has 0 saturated carbocycles. The zero-order chi connectivity index (χ0) is 20.5. The molecule has 2 aliphatic heterocycles. The molecule has 2 amide bonds. The van der Waals surface area contributed by atoms with E-state index >= 15 is 0 Å². The third kappa shape index (κ3) is 4.13. The van der Waals surface area contributed by atoms with Crippen LogP contribution in [0, 0.1) is 0 Å². The maximum atomic E-state index is 13.4. The van der Waals surface area contributed by atoms with Crippen LogP contribution in [0.25, 0.3) is 0 Å². The maximum Gasteiger partial charge on any atom is 0.410 e. The van der Waals surface area contributed by atoms with Crippen LogP contribution < -0.4 is 0 Å². The van der Waals surface area contributed by atoms with Crippen molar-refractivity contribution in [2.24, 2.45) is 0 Å². The van der Waals surface area contributed by atoms with Gasteiger partial charge in [-0.3, -0.25) is 9.69 Å². The molecule has 0 radical (unpaired) electrons. The van der Waals surface area contributed by atoms with Gasteiger partial charge in [-0.1, -0.05) is 24.3 Å². The van der Waals surface area contributed by atoms with Crippen molar-refractivity contribution in [3.63, 3.8) is 0 Å². The quantitative estimate of drug-likeness (QED) is 0.728. The topological polar surface area (TPSA) is 76.2 Å². The van der Waals surface area contributed by atoms with Gasteiger partial charge in [0, 0.05) is 19.5 Å². The molecule has 1 aromatic rings. The smallest absolute Gasteiger partial charge is 0.410 e. The lowest BCUT2D eigenvalue weighted by Gasteiger charge is -2.38. The Balaban J connectivity index is 1.84. The number of likely N-dealkylation sites (tertiary alicyclic amines) is 1. The zero-order valence-electron chi connectivity index (χ0n) is 16.9. The fraction of sp³-hybridized carbons (Fsp3) is 0.571. The normalized spacial score (nSPS) is 21.9. The largest absolute Gasteiger partial charge is 0.467 e. The predicted octanol–water partition coefficient (Wildman–Crippen LogP) is 2.51. The molecule has 152 valence electrons. The number of carbonyl (C=O) groups is 3. The van der Waals surface area contributed by atoms with Gasteiger partial charge >= 0.3 is 12.1 Å².